The van der Waals surface area contributed by atoms with E-state index in [2.05, 4.69) is 55.4 Å². The maximum Gasteiger partial charge on any atom is 0.415 e. The van der Waals surface area contributed by atoms with Crippen molar-refractivity contribution in [1.29, 1.82) is 5.26 Å². The summed E-state index contributed by atoms with van der Waals surface area (Å²) in [6.45, 7) is 14.6. The molecule has 2 saturated carbocycles. The molecule has 2 fully saturated rings. The van der Waals surface area contributed by atoms with Crippen LogP contribution in [0.4, 0.5) is 27.5 Å². The second-order valence-corrected chi connectivity index (χ2v) is 25.2. The molecule has 1 heterocycles. The summed E-state index contributed by atoms with van der Waals surface area (Å²) >= 11 is 6.57. The topological polar surface area (TPSA) is 218 Å². The second kappa shape index (κ2) is 19.9. The minimum absolute atomic E-state index is 0.00210. The van der Waals surface area contributed by atoms with Crippen LogP contribution in [0, 0.1) is 29.1 Å². The number of amides is 2. The lowest BCUT2D eigenvalue weighted by atomic mass is 9.72. The number of nitrogens with zero attached hydrogens (tertiary/aromatic N) is 3. The number of halogens is 1. The van der Waals surface area contributed by atoms with Crippen molar-refractivity contribution in [2.75, 3.05) is 25.9 Å². The van der Waals surface area contributed by atoms with Crippen LogP contribution in [0.3, 0.4) is 0 Å². The van der Waals surface area contributed by atoms with Crippen molar-refractivity contribution in [2.24, 2.45) is 10.8 Å². The molecule has 2 aliphatic rings. The van der Waals surface area contributed by atoms with Crippen LogP contribution >= 0.6 is 11.6 Å². The fraction of sp³-hybridized carbons (Fsp3) is 0.364. The van der Waals surface area contributed by atoms with Gasteiger partial charge in [0.1, 0.15) is 17.2 Å². The molecule has 5 aromatic carbocycles. The first-order valence-corrected chi connectivity index (χ1v) is 27.8. The van der Waals surface area contributed by atoms with E-state index in [1.807, 2.05) is 25.1 Å². The highest BCUT2D eigenvalue weighted by Gasteiger charge is 2.51. The molecule has 0 saturated heterocycles. The first-order chi connectivity index (χ1) is 34.2. The molecule has 0 aliphatic heterocycles. The van der Waals surface area contributed by atoms with Gasteiger partial charge in [0.05, 0.1) is 33.2 Å². The summed E-state index contributed by atoms with van der Waals surface area (Å²) in [7, 11) is -8.02. The van der Waals surface area contributed by atoms with E-state index in [1.165, 1.54) is 35.2 Å². The second-order valence-electron chi connectivity index (χ2n) is 21.4. The Morgan fingerprint density at radius 1 is 0.918 bits per heavy atom. The Bertz CT molecular complexity index is 3490. The van der Waals surface area contributed by atoms with Crippen molar-refractivity contribution in [2.45, 2.75) is 116 Å². The molecule has 1 unspecified atom stereocenters. The SMILES string of the molecule is Cc1cc(N(C(=O)OC(C(=O)Nc2cc(NS(=O)(=O)c3ccc(NS(C)(=O)=O)c4ccccc34)ccc2Cl)C(=O)C2(C)CC2)C2CCCC2)ccc1/C=C(\C#N)c1nc2cc(C(C)(C)CC(C)(C)C)ccc2o1. The first kappa shape index (κ1) is 52.6. The van der Waals surface area contributed by atoms with Gasteiger partial charge in [0.2, 0.25) is 22.0 Å². The summed E-state index contributed by atoms with van der Waals surface area (Å²) < 4.78 is 68.9. The number of ketones is 1. The number of allylic oxidation sites excluding steroid dienone is 1. The molecule has 1 aromatic heterocycles. The zero-order chi connectivity index (χ0) is 52.8. The number of oxazole rings is 1. The number of rotatable bonds is 16. The van der Waals surface area contributed by atoms with Gasteiger partial charge >= 0.3 is 6.09 Å². The predicted octanol–water partition coefficient (Wildman–Crippen LogP) is 12.2. The molecule has 1 atom stereocenters. The van der Waals surface area contributed by atoms with E-state index < -0.39 is 49.3 Å². The van der Waals surface area contributed by atoms with Crippen LogP contribution in [0.5, 0.6) is 0 Å². The Hall–Kier alpha value is -6.74. The number of nitriles is 1. The quantitative estimate of drug-likeness (QED) is 0.0612. The molecule has 0 spiro atoms. The van der Waals surface area contributed by atoms with Gasteiger partial charge in [0.25, 0.3) is 15.9 Å². The molecular weight excluding hydrogens is 988 g/mol. The van der Waals surface area contributed by atoms with Crippen LogP contribution in [-0.2, 0) is 39.8 Å². The number of nitrogens with one attached hydrogen (secondary N) is 3. The Morgan fingerprint density at radius 3 is 2.26 bits per heavy atom. The van der Waals surface area contributed by atoms with Crippen molar-refractivity contribution < 1.29 is 40.4 Å². The van der Waals surface area contributed by atoms with Gasteiger partial charge in [-0.05, 0) is 127 Å². The van der Waals surface area contributed by atoms with E-state index in [1.54, 1.807) is 55.5 Å². The van der Waals surface area contributed by atoms with Crippen molar-refractivity contribution in [3.8, 4) is 6.07 Å². The number of Topliss-reactive ketones (excluding diaryl/α,β-unsaturated/α-hetero) is 1. The summed E-state index contributed by atoms with van der Waals surface area (Å²) in [5.41, 5.74) is 3.61. The number of aromatic nitrogens is 1. The molecule has 6 aromatic rings. The molecule has 8 rings (SSSR count). The van der Waals surface area contributed by atoms with Gasteiger partial charge in [0, 0.05) is 27.9 Å². The third-order valence-corrected chi connectivity index (χ3v) is 15.8. The Morgan fingerprint density at radius 2 is 1.62 bits per heavy atom. The monoisotopic (exact) mass is 1050 g/mol. The molecule has 0 radical (unpaired) electrons. The lowest BCUT2D eigenvalue weighted by Gasteiger charge is -2.32. The molecule has 3 N–H and O–H groups in total. The zero-order valence-corrected chi connectivity index (χ0v) is 44.4. The van der Waals surface area contributed by atoms with E-state index in [0.29, 0.717) is 53.4 Å². The summed E-state index contributed by atoms with van der Waals surface area (Å²) in [6, 6.07) is 26.2. The largest absolute Gasteiger partial charge is 0.435 e. The molecule has 0 bridgehead atoms. The van der Waals surface area contributed by atoms with E-state index in [-0.39, 0.29) is 60.7 Å². The van der Waals surface area contributed by atoms with Gasteiger partial charge in [-0.1, -0.05) is 102 Å². The number of carbonyl (C=O) groups excluding carboxylic acids is 3. The Balaban J connectivity index is 1.03. The van der Waals surface area contributed by atoms with Crippen molar-refractivity contribution >= 4 is 106 Å². The van der Waals surface area contributed by atoms with Gasteiger partial charge in [0.15, 0.2) is 11.4 Å². The lowest BCUT2D eigenvalue weighted by molar-refractivity contribution is -0.140. The number of hydrogen-bond donors (Lipinski definition) is 3. The average Bonchev–Trinajstić information content (AvgIpc) is 3.62. The van der Waals surface area contributed by atoms with Crippen LogP contribution in [0.15, 0.2) is 100 Å². The van der Waals surface area contributed by atoms with Gasteiger partial charge in [-0.25, -0.2) is 26.6 Å². The van der Waals surface area contributed by atoms with Gasteiger partial charge < -0.3 is 14.5 Å². The maximum absolute atomic E-state index is 14.5. The maximum atomic E-state index is 14.5. The standard InChI is InChI=1S/C55H59ClN6O9S2/c1-33-27-39(20-17-34(33)28-35(31-57)51-59-45-29-36(18-23-46(45)70-51)54(5,6)32-53(2,3)4)62(38-13-9-10-14-38)52(65)71-48(49(63)55(7)25-26-55)50(64)58-44-30-37(19-21-42(44)56)60-73(68,69)47-24-22-43(61-72(8,66)67)40-15-11-12-16-41(40)47/h11-12,15-24,27-30,38,48,60-61H,9-10,13-14,25-26,32H2,1-8H3,(H,58,64)/b35-28+. The number of sulfonamides is 2. The molecular formula is C55H59ClN6O9S2. The first-order valence-electron chi connectivity index (χ1n) is 24.1. The van der Waals surface area contributed by atoms with Crippen molar-refractivity contribution in [3.05, 3.63) is 119 Å². The molecule has 18 heteroatoms. The lowest BCUT2D eigenvalue weighted by Crippen LogP contribution is -2.47. The van der Waals surface area contributed by atoms with E-state index >= 15 is 0 Å². The minimum atomic E-state index is -4.34. The van der Waals surface area contributed by atoms with Crippen molar-refractivity contribution in [3.63, 3.8) is 0 Å². The van der Waals surface area contributed by atoms with Gasteiger partial charge in [-0.2, -0.15) is 5.26 Å². The number of aryl methyl sites for hydroxylation is 1. The third-order valence-electron chi connectivity index (χ3n) is 13.4. The van der Waals surface area contributed by atoms with Crippen LogP contribution < -0.4 is 19.7 Å². The number of ether oxygens (including phenoxy) is 1. The number of hydrogen-bond acceptors (Lipinski definition) is 11. The van der Waals surface area contributed by atoms with Crippen LogP contribution in [-0.4, -0.2) is 58.0 Å². The fourth-order valence-corrected chi connectivity index (χ4v) is 11.8. The smallest absolute Gasteiger partial charge is 0.415 e. The van der Waals surface area contributed by atoms with Crippen LogP contribution in [0.1, 0.15) is 109 Å². The highest BCUT2D eigenvalue weighted by atomic mass is 35.5. The summed E-state index contributed by atoms with van der Waals surface area (Å²) in [6.07, 6.45) is 4.80. The molecule has 15 nitrogen and oxygen atoms in total. The summed E-state index contributed by atoms with van der Waals surface area (Å²) in [5.74, 6) is -1.40. The molecule has 73 heavy (non-hydrogen) atoms. The third kappa shape index (κ3) is 11.9. The summed E-state index contributed by atoms with van der Waals surface area (Å²) in [4.78, 5) is 49.0. The summed E-state index contributed by atoms with van der Waals surface area (Å²) in [5, 5.41) is 13.5. The number of fused-ring (bicyclic) bond motifs is 2. The number of carbonyl (C=O) groups is 3. The van der Waals surface area contributed by atoms with E-state index in [9.17, 15) is 36.5 Å². The molecule has 382 valence electrons. The average molecular weight is 1050 g/mol. The Kier molecular flexibility index (Phi) is 14.4. The number of anilines is 4. The molecule has 2 amide bonds. The highest BCUT2D eigenvalue weighted by molar-refractivity contribution is 7.93. The minimum Gasteiger partial charge on any atom is -0.435 e. The van der Waals surface area contributed by atoms with Gasteiger partial charge in [-0.3, -0.25) is 23.9 Å². The molecule has 2 aliphatic carbocycles. The Labute approximate surface area is 431 Å². The highest BCUT2D eigenvalue weighted by Crippen LogP contribution is 2.47. The predicted molar refractivity (Wildman–Crippen MR) is 286 cm³/mol. The van der Waals surface area contributed by atoms with Crippen molar-refractivity contribution in [1.82, 2.24) is 4.98 Å². The van der Waals surface area contributed by atoms with E-state index in [4.69, 9.17) is 25.7 Å². The van der Waals surface area contributed by atoms with Crippen LogP contribution in [0.2, 0.25) is 5.02 Å². The van der Waals surface area contributed by atoms with E-state index in [0.717, 1.165) is 36.6 Å². The number of benzene rings is 5. The van der Waals surface area contributed by atoms with Gasteiger partial charge in [-0.15, -0.1) is 0 Å². The zero-order valence-electron chi connectivity index (χ0n) is 42.1. The van der Waals surface area contributed by atoms with Crippen LogP contribution in [0.25, 0.3) is 33.5 Å². The fourth-order valence-electron chi connectivity index (χ4n) is 9.81. The normalized spacial score (nSPS) is 15.6.